The van der Waals surface area contributed by atoms with Gasteiger partial charge in [-0.1, -0.05) is 29.7 Å². The largest absolute Gasteiger partial charge is 0.416 e. The summed E-state index contributed by atoms with van der Waals surface area (Å²) >= 11 is 0. The molecule has 0 fully saturated rings. The second-order valence-electron chi connectivity index (χ2n) is 7.25. The van der Waals surface area contributed by atoms with Gasteiger partial charge in [-0.25, -0.2) is 0 Å². The van der Waals surface area contributed by atoms with Crippen molar-refractivity contribution in [2.45, 2.75) is 26.2 Å². The SMILES string of the molecule is Cc1cc(C)cc(C#Cc2ccc(C#Cc3cc(C(F)(F)F)cc(C(F)(F)F)c3)cc2)c1. The highest BCUT2D eigenvalue weighted by atomic mass is 19.4. The van der Waals surface area contributed by atoms with Crippen LogP contribution in [0.2, 0.25) is 0 Å². The number of halogens is 6. The monoisotopic (exact) mass is 442 g/mol. The minimum Gasteiger partial charge on any atom is -0.166 e. The molecule has 0 amide bonds. The first kappa shape index (κ1) is 23.0. The number of benzene rings is 3. The highest BCUT2D eigenvalue weighted by Gasteiger charge is 2.36. The molecular formula is C26H16F6. The summed E-state index contributed by atoms with van der Waals surface area (Å²) in [4.78, 5) is 0. The third-order valence-corrected chi connectivity index (χ3v) is 4.40. The molecule has 3 aromatic carbocycles. The van der Waals surface area contributed by atoms with Crippen molar-refractivity contribution in [2.75, 3.05) is 0 Å². The van der Waals surface area contributed by atoms with Crippen molar-refractivity contribution in [1.29, 1.82) is 0 Å². The summed E-state index contributed by atoms with van der Waals surface area (Å²) in [6.45, 7) is 3.96. The Morgan fingerprint density at radius 1 is 0.469 bits per heavy atom. The summed E-state index contributed by atoms with van der Waals surface area (Å²) in [7, 11) is 0. The number of hydrogen-bond acceptors (Lipinski definition) is 0. The molecule has 0 bridgehead atoms. The van der Waals surface area contributed by atoms with Crippen LogP contribution in [0.15, 0.2) is 60.7 Å². The molecule has 3 aromatic rings. The molecule has 0 aliphatic heterocycles. The standard InChI is InChI=1S/C26H16F6/c1-17-11-18(2)13-21(12-17)9-7-19-3-5-20(6-4-19)8-10-22-14-23(25(27,28)29)16-24(15-22)26(30,31)32/h3-6,11-16H,1-2H3. The Morgan fingerprint density at radius 3 is 1.19 bits per heavy atom. The number of alkyl halides is 6. The summed E-state index contributed by atoms with van der Waals surface area (Å²) in [5, 5.41) is 0. The Hall–Kier alpha value is -3.64. The first-order valence-electron chi connectivity index (χ1n) is 9.42. The van der Waals surface area contributed by atoms with Crippen molar-refractivity contribution in [3.05, 3.63) is 105 Å². The second-order valence-corrected chi connectivity index (χ2v) is 7.25. The van der Waals surface area contributed by atoms with Gasteiger partial charge in [0.2, 0.25) is 0 Å². The van der Waals surface area contributed by atoms with Crippen LogP contribution < -0.4 is 0 Å². The molecule has 0 atom stereocenters. The van der Waals surface area contributed by atoms with Gasteiger partial charge in [0.05, 0.1) is 11.1 Å². The van der Waals surface area contributed by atoms with Gasteiger partial charge in [0.1, 0.15) is 0 Å². The zero-order valence-corrected chi connectivity index (χ0v) is 17.0. The molecule has 0 N–H and O–H groups in total. The van der Waals surface area contributed by atoms with E-state index in [-0.39, 0.29) is 11.6 Å². The average Bonchev–Trinajstić information content (AvgIpc) is 2.69. The zero-order valence-electron chi connectivity index (χ0n) is 17.0. The van der Waals surface area contributed by atoms with Gasteiger partial charge in [-0.15, -0.1) is 0 Å². The third kappa shape index (κ3) is 6.18. The molecular weight excluding hydrogens is 426 g/mol. The van der Waals surface area contributed by atoms with Crippen molar-refractivity contribution >= 4 is 0 Å². The minimum atomic E-state index is -4.91. The quantitative estimate of drug-likeness (QED) is 0.256. The van der Waals surface area contributed by atoms with E-state index in [1.54, 1.807) is 24.3 Å². The van der Waals surface area contributed by atoms with Crippen molar-refractivity contribution in [3.8, 4) is 23.7 Å². The topological polar surface area (TPSA) is 0 Å². The van der Waals surface area contributed by atoms with E-state index >= 15 is 0 Å². The lowest BCUT2D eigenvalue weighted by atomic mass is 10.0. The summed E-state index contributed by atoms with van der Waals surface area (Å²) in [5.74, 6) is 11.1. The van der Waals surface area contributed by atoms with Gasteiger partial charge in [-0.05, 0) is 79.6 Å². The van der Waals surface area contributed by atoms with Crippen LogP contribution >= 0.6 is 0 Å². The Bertz CT molecular complexity index is 1200. The first-order chi connectivity index (χ1) is 14.9. The van der Waals surface area contributed by atoms with E-state index in [9.17, 15) is 26.3 Å². The Labute approximate surface area is 181 Å². The number of rotatable bonds is 0. The fraction of sp³-hybridized carbons (Fsp3) is 0.154. The van der Waals surface area contributed by atoms with Crippen molar-refractivity contribution < 1.29 is 26.3 Å². The third-order valence-electron chi connectivity index (χ3n) is 4.40. The molecule has 0 aliphatic rings. The van der Waals surface area contributed by atoms with E-state index in [2.05, 4.69) is 23.7 Å². The molecule has 32 heavy (non-hydrogen) atoms. The zero-order chi connectivity index (χ0) is 23.5. The molecule has 3 rings (SSSR count). The molecule has 0 saturated heterocycles. The van der Waals surface area contributed by atoms with Crippen LogP contribution in [-0.2, 0) is 12.4 Å². The molecule has 0 aliphatic carbocycles. The minimum absolute atomic E-state index is 0.0777. The van der Waals surface area contributed by atoms with Gasteiger partial charge in [-0.3, -0.25) is 0 Å². The molecule has 0 unspecified atom stereocenters. The van der Waals surface area contributed by atoms with E-state index in [1.165, 1.54) is 0 Å². The van der Waals surface area contributed by atoms with Gasteiger partial charge in [0, 0.05) is 22.3 Å². The molecule has 0 aromatic heterocycles. The van der Waals surface area contributed by atoms with Gasteiger partial charge in [0.25, 0.3) is 0 Å². The molecule has 0 spiro atoms. The summed E-state index contributed by atoms with van der Waals surface area (Å²) in [5.41, 5.74) is 1.05. The van der Waals surface area contributed by atoms with Gasteiger partial charge in [-0.2, -0.15) is 26.3 Å². The van der Waals surface area contributed by atoms with Crippen molar-refractivity contribution in [2.24, 2.45) is 0 Å². The van der Waals surface area contributed by atoms with E-state index in [4.69, 9.17) is 0 Å². The average molecular weight is 442 g/mol. The number of hydrogen-bond donors (Lipinski definition) is 0. The van der Waals surface area contributed by atoms with E-state index < -0.39 is 23.5 Å². The maximum Gasteiger partial charge on any atom is 0.416 e. The Balaban J connectivity index is 1.86. The van der Waals surface area contributed by atoms with Gasteiger partial charge >= 0.3 is 12.4 Å². The van der Waals surface area contributed by atoms with E-state index in [1.807, 2.05) is 32.0 Å². The summed E-state index contributed by atoms with van der Waals surface area (Å²) in [6.07, 6.45) is -9.82. The van der Waals surface area contributed by atoms with Crippen LogP contribution in [0.4, 0.5) is 26.3 Å². The summed E-state index contributed by atoms with van der Waals surface area (Å²) in [6, 6.07) is 13.8. The maximum absolute atomic E-state index is 13.0. The normalized spacial score (nSPS) is 11.2. The van der Waals surface area contributed by atoms with Gasteiger partial charge < -0.3 is 0 Å². The van der Waals surface area contributed by atoms with E-state index in [0.29, 0.717) is 23.3 Å². The molecule has 0 nitrogen and oxygen atoms in total. The molecule has 162 valence electrons. The fourth-order valence-electron chi connectivity index (χ4n) is 3.00. The van der Waals surface area contributed by atoms with Crippen molar-refractivity contribution in [1.82, 2.24) is 0 Å². The molecule has 0 heterocycles. The highest BCUT2D eigenvalue weighted by Crippen LogP contribution is 2.36. The van der Waals surface area contributed by atoms with Crippen LogP contribution in [0, 0.1) is 37.5 Å². The van der Waals surface area contributed by atoms with E-state index in [0.717, 1.165) is 16.7 Å². The van der Waals surface area contributed by atoms with Crippen LogP contribution in [0.3, 0.4) is 0 Å². The predicted molar refractivity (Wildman–Crippen MR) is 111 cm³/mol. The van der Waals surface area contributed by atoms with Crippen molar-refractivity contribution in [3.63, 3.8) is 0 Å². The lowest BCUT2D eigenvalue weighted by Crippen LogP contribution is -2.11. The van der Waals surface area contributed by atoms with Crippen LogP contribution in [0.1, 0.15) is 44.5 Å². The summed E-state index contributed by atoms with van der Waals surface area (Å²) < 4.78 is 77.7. The molecule has 0 saturated carbocycles. The van der Waals surface area contributed by atoms with Gasteiger partial charge in [0.15, 0.2) is 0 Å². The second kappa shape index (κ2) is 8.85. The molecule has 0 radical (unpaired) electrons. The molecule has 6 heteroatoms. The van der Waals surface area contributed by atoms with Crippen LogP contribution in [-0.4, -0.2) is 0 Å². The Morgan fingerprint density at radius 2 is 0.812 bits per heavy atom. The first-order valence-corrected chi connectivity index (χ1v) is 9.42. The fourth-order valence-corrected chi connectivity index (χ4v) is 3.00. The smallest absolute Gasteiger partial charge is 0.166 e. The maximum atomic E-state index is 13.0. The van der Waals surface area contributed by atoms with Crippen LogP contribution in [0.5, 0.6) is 0 Å². The lowest BCUT2D eigenvalue weighted by molar-refractivity contribution is -0.143. The Kier molecular flexibility index (Phi) is 6.37. The van der Waals surface area contributed by atoms with Crippen LogP contribution in [0.25, 0.3) is 0 Å². The lowest BCUT2D eigenvalue weighted by Gasteiger charge is -2.12. The highest BCUT2D eigenvalue weighted by molar-refractivity contribution is 5.50. The number of aryl methyl sites for hydroxylation is 2. The predicted octanol–water partition coefficient (Wildman–Crippen LogP) is 7.14.